The highest BCUT2D eigenvalue weighted by Crippen LogP contribution is 2.29. The Balaban J connectivity index is 2.26. The highest BCUT2D eigenvalue weighted by atomic mass is 16.8. The maximum Gasteiger partial charge on any atom is 0.163 e. The zero-order valence-electron chi connectivity index (χ0n) is 11.3. The summed E-state index contributed by atoms with van der Waals surface area (Å²) in [6, 6.07) is 0. The third-order valence-electron chi connectivity index (χ3n) is 2.97. The van der Waals surface area contributed by atoms with Gasteiger partial charge in [0.15, 0.2) is 5.79 Å². The van der Waals surface area contributed by atoms with Crippen LogP contribution >= 0.6 is 0 Å². The van der Waals surface area contributed by atoms with Crippen LogP contribution in [-0.4, -0.2) is 29.7 Å². The molecule has 1 aliphatic rings. The van der Waals surface area contributed by atoms with E-state index < -0.39 is 5.79 Å². The lowest BCUT2D eigenvalue weighted by Gasteiger charge is -2.16. The van der Waals surface area contributed by atoms with E-state index in [9.17, 15) is 5.11 Å². The van der Waals surface area contributed by atoms with Gasteiger partial charge in [-0.15, -0.1) is 0 Å². The SMILES string of the molecule is CCCCC/C=C\C[C@H]1OC(C)(C)O[C@H]1CO. The quantitative estimate of drug-likeness (QED) is 0.551. The van der Waals surface area contributed by atoms with Crippen LogP contribution in [0.25, 0.3) is 0 Å². The maximum atomic E-state index is 9.21. The van der Waals surface area contributed by atoms with E-state index in [0.717, 1.165) is 12.8 Å². The summed E-state index contributed by atoms with van der Waals surface area (Å²) in [6.07, 6.45) is 9.91. The largest absolute Gasteiger partial charge is 0.394 e. The Morgan fingerprint density at radius 2 is 1.82 bits per heavy atom. The molecule has 0 unspecified atom stereocenters. The van der Waals surface area contributed by atoms with Gasteiger partial charge in [0.25, 0.3) is 0 Å². The molecule has 0 amide bonds. The molecule has 0 saturated carbocycles. The molecule has 1 aliphatic heterocycles. The zero-order chi connectivity index (χ0) is 12.7. The third-order valence-corrected chi connectivity index (χ3v) is 2.97. The molecule has 1 N–H and O–H groups in total. The summed E-state index contributed by atoms with van der Waals surface area (Å²) in [6.45, 7) is 6.01. The third kappa shape index (κ3) is 5.19. The second-order valence-electron chi connectivity index (χ2n) is 5.10. The Bertz CT molecular complexity index is 236. The van der Waals surface area contributed by atoms with Crippen molar-refractivity contribution in [1.82, 2.24) is 0 Å². The fourth-order valence-corrected chi connectivity index (χ4v) is 2.12. The van der Waals surface area contributed by atoms with E-state index in [1.54, 1.807) is 0 Å². The summed E-state index contributed by atoms with van der Waals surface area (Å²) in [4.78, 5) is 0. The van der Waals surface area contributed by atoms with Gasteiger partial charge in [0.2, 0.25) is 0 Å². The minimum atomic E-state index is -0.561. The van der Waals surface area contributed by atoms with Gasteiger partial charge >= 0.3 is 0 Å². The molecule has 1 rings (SSSR count). The van der Waals surface area contributed by atoms with Crippen LogP contribution < -0.4 is 0 Å². The van der Waals surface area contributed by atoms with E-state index in [1.807, 2.05) is 13.8 Å². The Morgan fingerprint density at radius 3 is 2.47 bits per heavy atom. The van der Waals surface area contributed by atoms with Crippen molar-refractivity contribution in [2.75, 3.05) is 6.61 Å². The first-order valence-electron chi connectivity index (χ1n) is 6.70. The zero-order valence-corrected chi connectivity index (χ0v) is 11.3. The smallest absolute Gasteiger partial charge is 0.163 e. The van der Waals surface area contributed by atoms with Gasteiger partial charge in [-0.2, -0.15) is 0 Å². The predicted molar refractivity (Wildman–Crippen MR) is 68.8 cm³/mol. The van der Waals surface area contributed by atoms with Crippen LogP contribution in [0.3, 0.4) is 0 Å². The normalized spacial score (nSPS) is 28.0. The first kappa shape index (κ1) is 14.7. The van der Waals surface area contributed by atoms with Crippen LogP contribution in [0.15, 0.2) is 12.2 Å². The average molecular weight is 242 g/mol. The molecule has 0 radical (unpaired) electrons. The van der Waals surface area contributed by atoms with Crippen molar-refractivity contribution in [1.29, 1.82) is 0 Å². The van der Waals surface area contributed by atoms with Crippen molar-refractivity contribution < 1.29 is 14.6 Å². The van der Waals surface area contributed by atoms with E-state index in [4.69, 9.17) is 9.47 Å². The lowest BCUT2D eigenvalue weighted by atomic mass is 10.1. The topological polar surface area (TPSA) is 38.7 Å². The van der Waals surface area contributed by atoms with Gasteiger partial charge in [-0.25, -0.2) is 0 Å². The molecular formula is C14H26O3. The van der Waals surface area contributed by atoms with E-state index >= 15 is 0 Å². The lowest BCUT2D eigenvalue weighted by molar-refractivity contribution is -0.148. The first-order valence-corrected chi connectivity index (χ1v) is 6.70. The van der Waals surface area contributed by atoms with Crippen LogP contribution in [-0.2, 0) is 9.47 Å². The summed E-state index contributed by atoms with van der Waals surface area (Å²) in [5.74, 6) is -0.561. The number of hydrogen-bond donors (Lipinski definition) is 1. The van der Waals surface area contributed by atoms with Crippen molar-refractivity contribution in [3.05, 3.63) is 12.2 Å². The number of aliphatic hydroxyl groups is 1. The van der Waals surface area contributed by atoms with E-state index in [0.29, 0.717) is 0 Å². The number of unbranched alkanes of at least 4 members (excludes halogenated alkanes) is 3. The second-order valence-corrected chi connectivity index (χ2v) is 5.10. The van der Waals surface area contributed by atoms with Gasteiger partial charge in [-0.1, -0.05) is 31.9 Å². The second kappa shape index (κ2) is 7.14. The first-order chi connectivity index (χ1) is 8.09. The summed E-state index contributed by atoms with van der Waals surface area (Å²) in [5.41, 5.74) is 0. The molecule has 3 nitrogen and oxygen atoms in total. The van der Waals surface area contributed by atoms with Crippen LogP contribution in [0, 0.1) is 0 Å². The molecule has 0 spiro atoms. The Hall–Kier alpha value is -0.380. The van der Waals surface area contributed by atoms with Gasteiger partial charge in [0.05, 0.1) is 12.7 Å². The molecule has 0 bridgehead atoms. The van der Waals surface area contributed by atoms with Crippen LogP contribution in [0.2, 0.25) is 0 Å². The summed E-state index contributed by atoms with van der Waals surface area (Å²) in [7, 11) is 0. The van der Waals surface area contributed by atoms with Crippen LogP contribution in [0.4, 0.5) is 0 Å². The van der Waals surface area contributed by atoms with Crippen molar-refractivity contribution in [3.8, 4) is 0 Å². The molecule has 0 aromatic rings. The fraction of sp³-hybridized carbons (Fsp3) is 0.857. The minimum Gasteiger partial charge on any atom is -0.394 e. The predicted octanol–water partition coefficient (Wildman–Crippen LogP) is 3.03. The van der Waals surface area contributed by atoms with Crippen molar-refractivity contribution >= 4 is 0 Å². The molecule has 100 valence electrons. The number of aliphatic hydroxyl groups excluding tert-OH is 1. The molecule has 3 heteroatoms. The van der Waals surface area contributed by atoms with Gasteiger partial charge < -0.3 is 14.6 Å². The monoisotopic (exact) mass is 242 g/mol. The van der Waals surface area contributed by atoms with Gasteiger partial charge in [0.1, 0.15) is 6.10 Å². The molecule has 17 heavy (non-hydrogen) atoms. The molecular weight excluding hydrogens is 216 g/mol. The van der Waals surface area contributed by atoms with E-state index in [1.165, 1.54) is 19.3 Å². The Morgan fingerprint density at radius 1 is 1.12 bits per heavy atom. The van der Waals surface area contributed by atoms with Crippen LogP contribution in [0.1, 0.15) is 52.9 Å². The lowest BCUT2D eigenvalue weighted by Crippen LogP contribution is -2.25. The Labute approximate surface area is 105 Å². The number of allylic oxidation sites excluding steroid dienone is 1. The number of rotatable bonds is 7. The highest BCUT2D eigenvalue weighted by Gasteiger charge is 2.39. The molecule has 0 aliphatic carbocycles. The van der Waals surface area contributed by atoms with Crippen LogP contribution in [0.5, 0.6) is 0 Å². The summed E-state index contributed by atoms with van der Waals surface area (Å²) >= 11 is 0. The molecule has 0 aromatic carbocycles. The van der Waals surface area contributed by atoms with E-state index in [-0.39, 0.29) is 18.8 Å². The Kier molecular flexibility index (Phi) is 6.17. The fourth-order valence-electron chi connectivity index (χ4n) is 2.12. The number of hydrogen-bond acceptors (Lipinski definition) is 3. The van der Waals surface area contributed by atoms with Crippen molar-refractivity contribution in [2.45, 2.75) is 70.9 Å². The van der Waals surface area contributed by atoms with Gasteiger partial charge in [-0.05, 0) is 33.1 Å². The highest BCUT2D eigenvalue weighted by molar-refractivity contribution is 4.90. The minimum absolute atomic E-state index is 0.0163. The standard InChI is InChI=1S/C14H26O3/c1-4-5-6-7-8-9-10-12-13(11-15)17-14(2,3)16-12/h8-9,12-13,15H,4-7,10-11H2,1-3H3/b9-8-/t12-,13+/m1/s1. The average Bonchev–Trinajstić information content (AvgIpc) is 2.58. The molecule has 1 heterocycles. The summed E-state index contributed by atoms with van der Waals surface area (Å²) in [5, 5.41) is 9.21. The maximum absolute atomic E-state index is 9.21. The summed E-state index contributed by atoms with van der Waals surface area (Å²) < 4.78 is 11.3. The molecule has 1 saturated heterocycles. The van der Waals surface area contributed by atoms with Crippen molar-refractivity contribution in [3.63, 3.8) is 0 Å². The molecule has 0 aromatic heterocycles. The molecule has 2 atom stereocenters. The van der Waals surface area contributed by atoms with Gasteiger partial charge in [0, 0.05) is 0 Å². The van der Waals surface area contributed by atoms with E-state index in [2.05, 4.69) is 19.1 Å². The van der Waals surface area contributed by atoms with Gasteiger partial charge in [-0.3, -0.25) is 0 Å². The number of ether oxygens (including phenoxy) is 2. The van der Waals surface area contributed by atoms with Crippen molar-refractivity contribution in [2.24, 2.45) is 0 Å². The molecule has 1 fully saturated rings.